The molecule has 3 rings (SSSR count). The number of nitriles is 1. The first kappa shape index (κ1) is 19.2. The number of anilines is 2. The Morgan fingerprint density at radius 3 is 2.50 bits per heavy atom. The van der Waals surface area contributed by atoms with E-state index in [9.17, 15) is 18.5 Å². The van der Waals surface area contributed by atoms with E-state index in [1.165, 1.54) is 24.5 Å². The number of hydrogen-bond donors (Lipinski definition) is 3. The lowest BCUT2D eigenvalue weighted by Gasteiger charge is -2.10. The summed E-state index contributed by atoms with van der Waals surface area (Å²) in [5.41, 5.74) is 2.18. The number of primary sulfonamides is 1. The highest BCUT2D eigenvalue weighted by Crippen LogP contribution is 2.20. The van der Waals surface area contributed by atoms with Gasteiger partial charge in [0.25, 0.3) is 5.91 Å². The summed E-state index contributed by atoms with van der Waals surface area (Å²) in [7, 11) is -3.87. The van der Waals surface area contributed by atoms with E-state index >= 15 is 0 Å². The number of nitrogens with zero attached hydrogens (tertiary/aromatic N) is 1. The van der Waals surface area contributed by atoms with Crippen LogP contribution in [0.5, 0.6) is 0 Å². The second-order valence-electron chi connectivity index (χ2n) is 5.85. The fourth-order valence-corrected chi connectivity index (χ4v) is 2.99. The van der Waals surface area contributed by atoms with Crippen molar-refractivity contribution in [2.75, 3.05) is 10.6 Å². The van der Waals surface area contributed by atoms with Crippen molar-refractivity contribution in [3.8, 4) is 6.07 Å². The predicted molar refractivity (Wildman–Crippen MR) is 103 cm³/mol. The van der Waals surface area contributed by atoms with Crippen molar-refractivity contribution >= 4 is 27.3 Å². The first-order valence-electron chi connectivity index (χ1n) is 8.11. The Morgan fingerprint density at radius 2 is 1.89 bits per heavy atom. The highest BCUT2D eigenvalue weighted by molar-refractivity contribution is 7.89. The van der Waals surface area contributed by atoms with Crippen LogP contribution >= 0.6 is 0 Å². The van der Waals surface area contributed by atoms with Crippen LogP contribution in [-0.2, 0) is 16.6 Å². The number of nitrogens with one attached hydrogen (secondary N) is 2. The monoisotopic (exact) mass is 396 g/mol. The molecular formula is C19H16N4O4S. The SMILES string of the molecule is N#Cc1cc(S(N)(=O)=O)ccc1NCc1ccc(NC(=O)c2ccco2)cc1. The molecule has 0 spiro atoms. The quantitative estimate of drug-likeness (QED) is 0.585. The molecule has 8 nitrogen and oxygen atoms in total. The van der Waals surface area contributed by atoms with Crippen molar-refractivity contribution in [3.63, 3.8) is 0 Å². The Morgan fingerprint density at radius 1 is 1.14 bits per heavy atom. The van der Waals surface area contributed by atoms with Crippen molar-refractivity contribution in [1.29, 1.82) is 5.26 Å². The molecule has 0 aliphatic carbocycles. The summed E-state index contributed by atoms with van der Waals surface area (Å²) in [5, 5.41) is 20.1. The molecule has 0 radical (unpaired) electrons. The van der Waals surface area contributed by atoms with Crippen LogP contribution in [0.1, 0.15) is 21.7 Å². The summed E-state index contributed by atoms with van der Waals surface area (Å²) in [6.07, 6.45) is 1.43. The molecule has 0 fully saturated rings. The van der Waals surface area contributed by atoms with Crippen LogP contribution < -0.4 is 15.8 Å². The van der Waals surface area contributed by atoms with Gasteiger partial charge in [-0.05, 0) is 48.0 Å². The van der Waals surface area contributed by atoms with Gasteiger partial charge < -0.3 is 15.1 Å². The fourth-order valence-electron chi connectivity index (χ4n) is 2.45. The van der Waals surface area contributed by atoms with E-state index in [2.05, 4.69) is 10.6 Å². The van der Waals surface area contributed by atoms with E-state index in [-0.39, 0.29) is 22.1 Å². The summed E-state index contributed by atoms with van der Waals surface area (Å²) in [6, 6.07) is 16.3. The van der Waals surface area contributed by atoms with Gasteiger partial charge in [-0.2, -0.15) is 5.26 Å². The van der Waals surface area contributed by atoms with Gasteiger partial charge in [0.05, 0.1) is 22.4 Å². The second-order valence-corrected chi connectivity index (χ2v) is 7.41. The number of amides is 1. The maximum absolute atomic E-state index is 11.9. The number of carbonyl (C=O) groups is 1. The number of sulfonamides is 1. The van der Waals surface area contributed by atoms with Gasteiger partial charge in [-0.25, -0.2) is 13.6 Å². The minimum atomic E-state index is -3.87. The maximum Gasteiger partial charge on any atom is 0.291 e. The van der Waals surface area contributed by atoms with E-state index in [1.54, 1.807) is 24.3 Å². The van der Waals surface area contributed by atoms with E-state index < -0.39 is 10.0 Å². The maximum atomic E-state index is 11.9. The smallest absolute Gasteiger partial charge is 0.291 e. The Balaban J connectivity index is 1.65. The van der Waals surface area contributed by atoms with Crippen molar-refractivity contribution < 1.29 is 17.6 Å². The van der Waals surface area contributed by atoms with Gasteiger partial charge >= 0.3 is 0 Å². The number of rotatable bonds is 6. The van der Waals surface area contributed by atoms with Crippen molar-refractivity contribution in [2.24, 2.45) is 5.14 Å². The molecule has 0 unspecified atom stereocenters. The largest absolute Gasteiger partial charge is 0.459 e. The van der Waals surface area contributed by atoms with Crippen LogP contribution in [0.3, 0.4) is 0 Å². The van der Waals surface area contributed by atoms with E-state index in [0.717, 1.165) is 5.56 Å². The van der Waals surface area contributed by atoms with Crippen molar-refractivity contribution in [3.05, 3.63) is 77.7 Å². The average Bonchev–Trinajstić information content (AvgIpc) is 3.21. The topological polar surface area (TPSA) is 138 Å². The lowest BCUT2D eigenvalue weighted by atomic mass is 10.1. The lowest BCUT2D eigenvalue weighted by molar-refractivity contribution is 0.0996. The molecule has 4 N–H and O–H groups in total. The summed E-state index contributed by atoms with van der Waals surface area (Å²) in [5.74, 6) is -0.123. The highest BCUT2D eigenvalue weighted by atomic mass is 32.2. The van der Waals surface area contributed by atoms with E-state index in [0.29, 0.717) is 17.9 Å². The normalized spacial score (nSPS) is 10.9. The lowest BCUT2D eigenvalue weighted by Crippen LogP contribution is -2.12. The van der Waals surface area contributed by atoms with Gasteiger partial charge in [-0.1, -0.05) is 12.1 Å². The zero-order valence-electron chi connectivity index (χ0n) is 14.5. The van der Waals surface area contributed by atoms with Crippen molar-refractivity contribution in [2.45, 2.75) is 11.4 Å². The third-order valence-corrected chi connectivity index (χ3v) is 4.79. The molecule has 142 valence electrons. The Bertz CT molecular complexity index is 1130. The molecule has 0 aliphatic heterocycles. The molecule has 0 aliphatic rings. The number of carbonyl (C=O) groups excluding carboxylic acids is 1. The highest BCUT2D eigenvalue weighted by Gasteiger charge is 2.12. The van der Waals surface area contributed by atoms with Gasteiger partial charge in [0.15, 0.2) is 5.76 Å². The van der Waals surface area contributed by atoms with Crippen LogP contribution in [0.4, 0.5) is 11.4 Å². The summed E-state index contributed by atoms with van der Waals surface area (Å²) in [6.45, 7) is 0.399. The van der Waals surface area contributed by atoms with Crippen LogP contribution in [0.15, 0.2) is 70.2 Å². The minimum absolute atomic E-state index is 0.119. The molecular weight excluding hydrogens is 380 g/mol. The molecule has 0 bridgehead atoms. The molecule has 2 aromatic carbocycles. The second kappa shape index (κ2) is 7.96. The molecule has 1 heterocycles. The average molecular weight is 396 g/mol. The first-order chi connectivity index (χ1) is 13.4. The van der Waals surface area contributed by atoms with Crippen LogP contribution in [0, 0.1) is 11.3 Å². The van der Waals surface area contributed by atoms with Gasteiger partial charge in [-0.3, -0.25) is 4.79 Å². The standard InChI is InChI=1S/C19H16N4O4S/c20-11-14-10-16(28(21,25)26)7-8-17(14)22-12-13-3-5-15(6-4-13)23-19(24)18-2-1-9-27-18/h1-10,22H,12H2,(H,23,24)(H2,21,25,26). The van der Waals surface area contributed by atoms with Gasteiger partial charge in [0.1, 0.15) is 6.07 Å². The number of furan rings is 1. The van der Waals surface area contributed by atoms with Crippen LogP contribution in [-0.4, -0.2) is 14.3 Å². The minimum Gasteiger partial charge on any atom is -0.459 e. The molecule has 1 aromatic heterocycles. The van der Waals surface area contributed by atoms with Crippen LogP contribution in [0.2, 0.25) is 0 Å². The third kappa shape index (κ3) is 4.56. The van der Waals surface area contributed by atoms with Gasteiger partial charge in [0.2, 0.25) is 10.0 Å². The summed E-state index contributed by atoms with van der Waals surface area (Å²) in [4.78, 5) is 11.8. The van der Waals surface area contributed by atoms with Gasteiger partial charge in [0, 0.05) is 12.2 Å². The zero-order chi connectivity index (χ0) is 20.1. The number of benzene rings is 2. The van der Waals surface area contributed by atoms with Crippen LogP contribution in [0.25, 0.3) is 0 Å². The zero-order valence-corrected chi connectivity index (χ0v) is 15.4. The molecule has 0 saturated carbocycles. The van der Waals surface area contributed by atoms with E-state index in [4.69, 9.17) is 9.56 Å². The molecule has 3 aromatic rings. The fraction of sp³-hybridized carbons (Fsp3) is 0.0526. The Labute approximate surface area is 161 Å². The third-order valence-electron chi connectivity index (χ3n) is 3.88. The Hall–Kier alpha value is -3.61. The molecule has 1 amide bonds. The molecule has 9 heteroatoms. The van der Waals surface area contributed by atoms with E-state index in [1.807, 2.05) is 18.2 Å². The predicted octanol–water partition coefficient (Wildman–Crippen LogP) is 2.66. The number of hydrogen-bond acceptors (Lipinski definition) is 6. The van der Waals surface area contributed by atoms with Gasteiger partial charge in [-0.15, -0.1) is 0 Å². The summed E-state index contributed by atoms with van der Waals surface area (Å²) >= 11 is 0. The van der Waals surface area contributed by atoms with Crippen molar-refractivity contribution in [1.82, 2.24) is 0 Å². The molecule has 28 heavy (non-hydrogen) atoms. The Kier molecular flexibility index (Phi) is 5.44. The first-order valence-corrected chi connectivity index (χ1v) is 9.66. The molecule has 0 atom stereocenters. The summed E-state index contributed by atoms with van der Waals surface area (Å²) < 4.78 is 27.8. The molecule has 0 saturated heterocycles. The number of nitrogens with two attached hydrogens (primary N) is 1.